The normalized spacial score (nSPS) is 18.2. The Labute approximate surface area is 126 Å². The van der Waals surface area contributed by atoms with Crippen molar-refractivity contribution < 1.29 is 0 Å². The molecule has 0 radical (unpaired) electrons. The summed E-state index contributed by atoms with van der Waals surface area (Å²) in [5, 5.41) is 0. The first-order chi connectivity index (χ1) is 10.3. The molecule has 4 nitrogen and oxygen atoms in total. The fourth-order valence-electron chi connectivity index (χ4n) is 2.98. The van der Waals surface area contributed by atoms with E-state index in [9.17, 15) is 0 Å². The number of benzene rings is 1. The predicted octanol–water partition coefficient (Wildman–Crippen LogP) is 2.63. The van der Waals surface area contributed by atoms with Crippen molar-refractivity contribution in [3.8, 4) is 11.3 Å². The second kappa shape index (κ2) is 6.22. The molecular weight excluding hydrogens is 260 g/mol. The van der Waals surface area contributed by atoms with Crippen molar-refractivity contribution in [2.75, 3.05) is 18.0 Å². The summed E-state index contributed by atoms with van der Waals surface area (Å²) in [7, 11) is 0. The molecule has 1 unspecified atom stereocenters. The van der Waals surface area contributed by atoms with Crippen molar-refractivity contribution in [3.63, 3.8) is 0 Å². The molecule has 1 fully saturated rings. The lowest BCUT2D eigenvalue weighted by molar-refractivity contribution is 0.664. The van der Waals surface area contributed by atoms with E-state index in [2.05, 4.69) is 41.1 Å². The summed E-state index contributed by atoms with van der Waals surface area (Å²) >= 11 is 0. The van der Waals surface area contributed by atoms with Gasteiger partial charge in [0.2, 0.25) is 5.95 Å². The zero-order chi connectivity index (χ0) is 14.7. The largest absolute Gasteiger partial charge is 0.337 e. The highest BCUT2D eigenvalue weighted by molar-refractivity contribution is 5.64. The number of aryl methyl sites for hydroxylation is 1. The Kier molecular flexibility index (Phi) is 4.15. The van der Waals surface area contributed by atoms with Crippen LogP contribution in [0.5, 0.6) is 0 Å². The summed E-state index contributed by atoms with van der Waals surface area (Å²) in [6.45, 7) is 3.81. The maximum Gasteiger partial charge on any atom is 0.226 e. The zero-order valence-electron chi connectivity index (χ0n) is 12.5. The van der Waals surface area contributed by atoms with E-state index in [4.69, 9.17) is 10.7 Å². The molecule has 0 amide bonds. The Morgan fingerprint density at radius 2 is 2.10 bits per heavy atom. The topological polar surface area (TPSA) is 55.0 Å². The van der Waals surface area contributed by atoms with Crippen LogP contribution in [-0.4, -0.2) is 29.1 Å². The molecule has 2 heterocycles. The maximum absolute atomic E-state index is 5.87. The van der Waals surface area contributed by atoms with Gasteiger partial charge in [0.05, 0.1) is 5.69 Å². The van der Waals surface area contributed by atoms with Crippen LogP contribution in [0.15, 0.2) is 36.5 Å². The minimum atomic E-state index is 0.376. The van der Waals surface area contributed by atoms with Crippen LogP contribution < -0.4 is 10.6 Å². The predicted molar refractivity (Wildman–Crippen MR) is 86.3 cm³/mol. The number of nitrogens with two attached hydrogens (primary N) is 1. The van der Waals surface area contributed by atoms with Crippen molar-refractivity contribution in [2.24, 2.45) is 5.73 Å². The van der Waals surface area contributed by atoms with Gasteiger partial charge in [-0.2, -0.15) is 0 Å². The molecule has 1 atom stereocenters. The van der Waals surface area contributed by atoms with E-state index < -0.39 is 0 Å². The van der Waals surface area contributed by atoms with Crippen molar-refractivity contribution >= 4 is 5.95 Å². The van der Waals surface area contributed by atoms with Gasteiger partial charge < -0.3 is 10.6 Å². The number of hydrogen-bond donors (Lipinski definition) is 1. The Bertz CT molecular complexity index is 597. The van der Waals surface area contributed by atoms with E-state index in [1.165, 1.54) is 12.0 Å². The van der Waals surface area contributed by atoms with E-state index in [0.717, 1.165) is 36.6 Å². The molecule has 0 bridgehead atoms. The molecular formula is C17H22N4. The lowest BCUT2D eigenvalue weighted by atomic mass is 10.1. The third-order valence-electron chi connectivity index (χ3n) is 4.19. The van der Waals surface area contributed by atoms with Gasteiger partial charge in [0, 0.05) is 30.9 Å². The van der Waals surface area contributed by atoms with Crippen LogP contribution in [0.3, 0.4) is 0 Å². The third kappa shape index (κ3) is 2.76. The number of anilines is 1. The first kappa shape index (κ1) is 14.0. The van der Waals surface area contributed by atoms with E-state index in [1.54, 1.807) is 0 Å². The standard InChI is InChI=1S/C17H22N4/c1-2-13-12-19-17(21-10-6-9-15(21)11-18)20-16(13)14-7-4-3-5-8-14/h3-5,7-8,12,15H,2,6,9-11,18H2,1H3. The molecule has 1 aromatic carbocycles. The number of aromatic nitrogens is 2. The Balaban J connectivity index is 2.01. The van der Waals surface area contributed by atoms with Crippen LogP contribution in [0.1, 0.15) is 25.3 Å². The van der Waals surface area contributed by atoms with Gasteiger partial charge in [-0.25, -0.2) is 9.97 Å². The number of nitrogens with zero attached hydrogens (tertiary/aromatic N) is 3. The van der Waals surface area contributed by atoms with Crippen LogP contribution in [0.4, 0.5) is 5.95 Å². The smallest absolute Gasteiger partial charge is 0.226 e. The highest BCUT2D eigenvalue weighted by Crippen LogP contribution is 2.27. The van der Waals surface area contributed by atoms with Crippen LogP contribution in [0, 0.1) is 0 Å². The molecule has 0 spiro atoms. The minimum Gasteiger partial charge on any atom is -0.337 e. The molecule has 1 saturated heterocycles. The maximum atomic E-state index is 5.87. The molecule has 110 valence electrons. The van der Waals surface area contributed by atoms with Crippen LogP contribution in [0.25, 0.3) is 11.3 Å². The van der Waals surface area contributed by atoms with Gasteiger partial charge in [-0.05, 0) is 24.8 Å². The first-order valence-electron chi connectivity index (χ1n) is 7.71. The summed E-state index contributed by atoms with van der Waals surface area (Å²) in [5.41, 5.74) is 9.26. The fraction of sp³-hybridized carbons (Fsp3) is 0.412. The van der Waals surface area contributed by atoms with Crippen LogP contribution in [-0.2, 0) is 6.42 Å². The van der Waals surface area contributed by atoms with Gasteiger partial charge in [0.1, 0.15) is 0 Å². The van der Waals surface area contributed by atoms with Crippen molar-refractivity contribution in [1.29, 1.82) is 0 Å². The third-order valence-corrected chi connectivity index (χ3v) is 4.19. The van der Waals surface area contributed by atoms with Gasteiger partial charge in [-0.1, -0.05) is 37.3 Å². The minimum absolute atomic E-state index is 0.376. The van der Waals surface area contributed by atoms with E-state index in [-0.39, 0.29) is 0 Å². The van der Waals surface area contributed by atoms with Gasteiger partial charge in [-0.15, -0.1) is 0 Å². The molecule has 2 aromatic rings. The van der Waals surface area contributed by atoms with Gasteiger partial charge in [0.15, 0.2) is 0 Å². The fourth-order valence-corrected chi connectivity index (χ4v) is 2.98. The van der Waals surface area contributed by atoms with Gasteiger partial charge in [0.25, 0.3) is 0 Å². The Morgan fingerprint density at radius 1 is 1.29 bits per heavy atom. The zero-order valence-corrected chi connectivity index (χ0v) is 12.5. The summed E-state index contributed by atoms with van der Waals surface area (Å²) in [6.07, 6.45) is 5.21. The summed E-state index contributed by atoms with van der Waals surface area (Å²) in [6, 6.07) is 10.7. The molecule has 3 rings (SSSR count). The molecule has 0 saturated carbocycles. The second-order valence-electron chi connectivity index (χ2n) is 5.49. The van der Waals surface area contributed by atoms with Gasteiger partial charge >= 0.3 is 0 Å². The number of hydrogen-bond acceptors (Lipinski definition) is 4. The average Bonchev–Trinajstić information content (AvgIpc) is 3.03. The van der Waals surface area contributed by atoms with E-state index in [0.29, 0.717) is 12.6 Å². The van der Waals surface area contributed by atoms with Crippen LogP contribution >= 0.6 is 0 Å². The van der Waals surface area contributed by atoms with Gasteiger partial charge in [-0.3, -0.25) is 0 Å². The van der Waals surface area contributed by atoms with E-state index >= 15 is 0 Å². The molecule has 4 heteroatoms. The highest BCUT2D eigenvalue weighted by atomic mass is 15.3. The second-order valence-corrected chi connectivity index (χ2v) is 5.49. The quantitative estimate of drug-likeness (QED) is 0.936. The molecule has 1 aromatic heterocycles. The Hall–Kier alpha value is -1.94. The summed E-state index contributed by atoms with van der Waals surface area (Å²) in [5.74, 6) is 0.819. The van der Waals surface area contributed by atoms with E-state index in [1.807, 2.05) is 12.3 Å². The van der Waals surface area contributed by atoms with Crippen molar-refractivity contribution in [1.82, 2.24) is 9.97 Å². The molecule has 21 heavy (non-hydrogen) atoms. The molecule has 0 aliphatic carbocycles. The lowest BCUT2D eigenvalue weighted by Gasteiger charge is -2.24. The van der Waals surface area contributed by atoms with Crippen LogP contribution in [0.2, 0.25) is 0 Å². The molecule has 2 N–H and O–H groups in total. The van der Waals surface area contributed by atoms with Crippen molar-refractivity contribution in [3.05, 3.63) is 42.1 Å². The molecule has 1 aliphatic heterocycles. The number of rotatable bonds is 4. The Morgan fingerprint density at radius 3 is 2.81 bits per heavy atom. The average molecular weight is 282 g/mol. The SMILES string of the molecule is CCc1cnc(N2CCCC2CN)nc1-c1ccccc1. The summed E-state index contributed by atoms with van der Waals surface area (Å²) in [4.78, 5) is 11.7. The first-order valence-corrected chi connectivity index (χ1v) is 7.71. The monoisotopic (exact) mass is 282 g/mol. The highest BCUT2D eigenvalue weighted by Gasteiger charge is 2.26. The van der Waals surface area contributed by atoms with Crippen molar-refractivity contribution in [2.45, 2.75) is 32.2 Å². The molecule has 1 aliphatic rings. The summed E-state index contributed by atoms with van der Waals surface area (Å²) < 4.78 is 0. The lowest BCUT2D eigenvalue weighted by Crippen LogP contribution is -2.36.